The number of anilines is 1. The molecule has 0 radical (unpaired) electrons. The van der Waals surface area contributed by atoms with Crippen LogP contribution in [0.1, 0.15) is 39.5 Å². The first-order chi connectivity index (χ1) is 20.1. The van der Waals surface area contributed by atoms with Gasteiger partial charge < -0.3 is 25.0 Å². The monoisotopic (exact) mass is 587 g/mol. The number of likely N-dealkylation sites (tertiary alicyclic amines) is 1. The summed E-state index contributed by atoms with van der Waals surface area (Å²) < 4.78 is 23.0. The van der Waals surface area contributed by atoms with Crippen LogP contribution in [0.3, 0.4) is 0 Å². The van der Waals surface area contributed by atoms with E-state index in [2.05, 4.69) is 41.0 Å². The molecule has 0 amide bonds. The molecule has 4 fully saturated rings. The second-order valence-electron chi connectivity index (χ2n) is 13.3. The van der Waals surface area contributed by atoms with Crippen molar-refractivity contribution in [2.45, 2.75) is 56.7 Å². The number of aromatic nitrogens is 2. The van der Waals surface area contributed by atoms with Gasteiger partial charge in [-0.2, -0.15) is 9.97 Å². The van der Waals surface area contributed by atoms with Crippen LogP contribution >= 0.6 is 11.6 Å². The van der Waals surface area contributed by atoms with Crippen molar-refractivity contribution in [3.8, 4) is 22.9 Å². The van der Waals surface area contributed by atoms with Crippen LogP contribution in [-0.4, -0.2) is 70.4 Å². The molecule has 3 unspecified atom stereocenters. The van der Waals surface area contributed by atoms with E-state index < -0.39 is 5.82 Å². The lowest BCUT2D eigenvalue weighted by Gasteiger charge is -2.74. The first-order valence-electron chi connectivity index (χ1n) is 14.9. The number of rotatable bonds is 5. The zero-order valence-corrected chi connectivity index (χ0v) is 24.9. The van der Waals surface area contributed by atoms with E-state index in [-0.39, 0.29) is 50.4 Å². The molecule has 1 spiro atoms. The first-order valence-corrected chi connectivity index (χ1v) is 15.3. The van der Waals surface area contributed by atoms with Gasteiger partial charge in [0, 0.05) is 46.6 Å². The fourth-order valence-corrected chi connectivity index (χ4v) is 8.94. The van der Waals surface area contributed by atoms with Crippen molar-refractivity contribution >= 4 is 39.1 Å². The molecule has 4 heterocycles. The number of nitrogens with one attached hydrogen (secondary N) is 1. The number of piperidine rings is 1. The Morgan fingerprint density at radius 3 is 2.64 bits per heavy atom. The number of benzene rings is 3. The van der Waals surface area contributed by atoms with E-state index in [0.29, 0.717) is 23.4 Å². The van der Waals surface area contributed by atoms with Crippen LogP contribution in [0.15, 0.2) is 42.5 Å². The molecule has 42 heavy (non-hydrogen) atoms. The molecule has 3 aliphatic heterocycles. The Bertz CT molecular complexity index is 1790. The lowest BCUT2D eigenvalue weighted by Crippen LogP contribution is -2.88. The summed E-state index contributed by atoms with van der Waals surface area (Å²) in [5, 5.41) is 16.8. The van der Waals surface area contributed by atoms with E-state index in [1.807, 2.05) is 24.3 Å². The average Bonchev–Trinajstić information content (AvgIpc) is 3.50. The zero-order valence-electron chi connectivity index (χ0n) is 24.2. The molecule has 1 aromatic heterocycles. The van der Waals surface area contributed by atoms with Gasteiger partial charge in [0.1, 0.15) is 23.7 Å². The number of aromatic hydroxyl groups is 1. The third-order valence-corrected chi connectivity index (χ3v) is 11.3. The summed E-state index contributed by atoms with van der Waals surface area (Å²) in [5.74, 6) is 0.158. The summed E-state index contributed by atoms with van der Waals surface area (Å²) in [6.45, 7) is 7.69. The Morgan fingerprint density at radius 2 is 1.93 bits per heavy atom. The van der Waals surface area contributed by atoms with Crippen LogP contribution in [0.25, 0.3) is 32.8 Å². The van der Waals surface area contributed by atoms with Gasteiger partial charge in [0.05, 0.1) is 5.02 Å². The number of phenols is 1. The van der Waals surface area contributed by atoms with Crippen molar-refractivity contribution < 1.29 is 14.2 Å². The number of hydrogen-bond acceptors (Lipinski definition) is 7. The predicted molar refractivity (Wildman–Crippen MR) is 164 cm³/mol. The molecule has 8 rings (SSSR count). The highest BCUT2D eigenvalue weighted by Crippen LogP contribution is 2.67. The normalized spacial score (nSPS) is 30.3. The standard InChI is InChI=1S/C33H35ClFN5O2/c1-31-10-11-33(31)18-40(17-32(33,2)38-31)29-24-15-25(34)26(23-14-21(41)13-19-7-4-5-9-22(19)23)27(35)28(24)36-30(37-29)42-16-20-8-6-12-39(20)3/h4-5,7,9,13-15,20,38,41H,6,8,10-12,16-18H2,1-3H3/t20-,31?,32?,33?/m0/s1. The minimum Gasteiger partial charge on any atom is -0.508 e. The number of fused-ring (bicyclic) bond motifs is 2. The number of nitrogens with zero attached hydrogens (tertiary/aromatic N) is 4. The number of phenolic OH excluding ortho intramolecular Hbond substituents is 1. The lowest BCUT2D eigenvalue weighted by molar-refractivity contribution is -0.171. The van der Waals surface area contributed by atoms with Crippen molar-refractivity contribution in [2.75, 3.05) is 38.2 Å². The summed E-state index contributed by atoms with van der Waals surface area (Å²) in [5.41, 5.74) is 1.15. The second kappa shape index (κ2) is 8.91. The maximum atomic E-state index is 16.8. The van der Waals surface area contributed by atoms with Crippen LogP contribution in [0, 0.1) is 11.2 Å². The Balaban J connectivity index is 1.29. The van der Waals surface area contributed by atoms with Gasteiger partial charge in [-0.1, -0.05) is 35.9 Å². The van der Waals surface area contributed by atoms with Gasteiger partial charge >= 0.3 is 6.01 Å². The number of hydrogen-bond donors (Lipinski definition) is 2. The van der Waals surface area contributed by atoms with Gasteiger partial charge in [0.15, 0.2) is 5.82 Å². The highest BCUT2D eigenvalue weighted by Gasteiger charge is 2.77. The van der Waals surface area contributed by atoms with E-state index in [1.165, 1.54) is 0 Å². The smallest absolute Gasteiger partial charge is 0.319 e. The Hall–Kier alpha value is -3.20. The van der Waals surface area contributed by atoms with Gasteiger partial charge in [-0.15, -0.1) is 0 Å². The summed E-state index contributed by atoms with van der Waals surface area (Å²) in [7, 11) is 2.10. The van der Waals surface area contributed by atoms with Crippen LogP contribution in [-0.2, 0) is 0 Å². The molecule has 4 aliphatic rings. The molecule has 3 saturated heterocycles. The lowest BCUT2D eigenvalue weighted by atomic mass is 9.42. The number of ether oxygens (including phenoxy) is 1. The zero-order chi connectivity index (χ0) is 29.0. The maximum absolute atomic E-state index is 16.8. The van der Waals surface area contributed by atoms with Gasteiger partial charge in [0.2, 0.25) is 0 Å². The largest absolute Gasteiger partial charge is 0.508 e. The summed E-state index contributed by atoms with van der Waals surface area (Å²) in [6.07, 6.45) is 4.50. The summed E-state index contributed by atoms with van der Waals surface area (Å²) >= 11 is 6.91. The molecular formula is C33H35ClFN5O2. The Labute approximate surface area is 249 Å². The summed E-state index contributed by atoms with van der Waals surface area (Å²) in [4.78, 5) is 14.2. The van der Waals surface area contributed by atoms with Crippen LogP contribution in [0.2, 0.25) is 5.02 Å². The van der Waals surface area contributed by atoms with Crippen molar-refractivity contribution in [3.05, 3.63) is 53.3 Å². The third kappa shape index (κ3) is 3.52. The molecule has 4 atom stereocenters. The Morgan fingerprint density at radius 1 is 1.10 bits per heavy atom. The minimum atomic E-state index is -0.544. The van der Waals surface area contributed by atoms with E-state index in [1.54, 1.807) is 18.2 Å². The molecule has 218 valence electrons. The maximum Gasteiger partial charge on any atom is 0.319 e. The molecule has 3 aromatic carbocycles. The molecule has 7 nitrogen and oxygen atoms in total. The number of halogens is 2. The third-order valence-electron chi connectivity index (χ3n) is 11.0. The van der Waals surface area contributed by atoms with Gasteiger partial charge in [0.25, 0.3) is 0 Å². The highest BCUT2D eigenvalue weighted by atomic mass is 35.5. The topological polar surface area (TPSA) is 73.8 Å². The molecule has 4 aromatic rings. The van der Waals surface area contributed by atoms with Crippen molar-refractivity contribution in [1.82, 2.24) is 20.2 Å². The molecule has 0 bridgehead atoms. The summed E-state index contributed by atoms with van der Waals surface area (Å²) in [6, 6.07) is 13.1. The van der Waals surface area contributed by atoms with Gasteiger partial charge in [-0.25, -0.2) is 4.39 Å². The van der Waals surface area contributed by atoms with Crippen LogP contribution in [0.4, 0.5) is 10.2 Å². The molecule has 2 N–H and O–H groups in total. The molecular weight excluding hydrogens is 553 g/mol. The SMILES string of the molecule is CN1CCC[C@H]1COc1nc(N2CC3(C)NC4(C)CCC43C2)c2cc(Cl)c(-c3cc(O)cc4ccccc34)c(F)c2n1. The van der Waals surface area contributed by atoms with E-state index >= 15 is 4.39 Å². The fraction of sp³-hybridized carbons (Fsp3) is 0.455. The van der Waals surface area contributed by atoms with Crippen LogP contribution < -0.4 is 15.0 Å². The average molecular weight is 588 g/mol. The van der Waals surface area contributed by atoms with Crippen molar-refractivity contribution in [1.29, 1.82) is 0 Å². The quantitative estimate of drug-likeness (QED) is 0.290. The van der Waals surface area contributed by atoms with Crippen molar-refractivity contribution in [3.63, 3.8) is 0 Å². The predicted octanol–water partition coefficient (Wildman–Crippen LogP) is 6.14. The van der Waals surface area contributed by atoms with Gasteiger partial charge in [-0.3, -0.25) is 0 Å². The number of likely N-dealkylation sites (N-methyl/N-ethyl adjacent to an activating group) is 1. The first kappa shape index (κ1) is 26.4. The second-order valence-corrected chi connectivity index (χ2v) is 13.7. The van der Waals surface area contributed by atoms with Crippen molar-refractivity contribution in [2.24, 2.45) is 5.41 Å². The van der Waals surface area contributed by atoms with E-state index in [0.717, 1.165) is 56.1 Å². The molecule has 1 saturated carbocycles. The highest BCUT2D eigenvalue weighted by molar-refractivity contribution is 6.35. The van der Waals surface area contributed by atoms with Crippen LogP contribution in [0.5, 0.6) is 11.8 Å². The molecule has 9 heteroatoms. The minimum absolute atomic E-state index is 0.0341. The Kier molecular flexibility index (Phi) is 5.61. The van der Waals surface area contributed by atoms with E-state index in [4.69, 9.17) is 21.3 Å². The fourth-order valence-electron chi connectivity index (χ4n) is 8.64. The van der Waals surface area contributed by atoms with E-state index in [9.17, 15) is 5.11 Å². The van der Waals surface area contributed by atoms with Gasteiger partial charge in [-0.05, 0) is 87.7 Å². The molecule has 1 aliphatic carbocycles.